The van der Waals surface area contributed by atoms with Crippen LogP contribution in [0.15, 0.2) is 18.2 Å². The number of unbranched alkanes of at least 4 members (excludes halogenated alkanes) is 1. The van der Waals surface area contributed by atoms with E-state index in [-0.39, 0.29) is 5.91 Å². The van der Waals surface area contributed by atoms with E-state index in [0.29, 0.717) is 11.4 Å². The van der Waals surface area contributed by atoms with Crippen molar-refractivity contribution in [3.05, 3.63) is 23.2 Å². The molecule has 5 heteroatoms. The number of carbonyl (C=O) groups is 1. The highest BCUT2D eigenvalue weighted by atomic mass is 35.5. The van der Waals surface area contributed by atoms with Crippen molar-refractivity contribution in [2.45, 2.75) is 26.2 Å². The molecule has 0 N–H and O–H groups in total. The molecule has 1 aliphatic heterocycles. The quantitative estimate of drug-likeness (QED) is 0.837. The maximum Gasteiger partial charge on any atom is 0.222 e. The maximum atomic E-state index is 12.0. The normalized spacial score (nSPS) is 15.2. The Hall–Kier alpha value is -1.42. The molecule has 1 aliphatic rings. The number of rotatable bonds is 5. The Morgan fingerprint density at radius 1 is 1.29 bits per heavy atom. The van der Waals surface area contributed by atoms with Crippen LogP contribution < -0.4 is 9.64 Å². The molecule has 1 aromatic rings. The molecule has 1 fully saturated rings. The first-order chi connectivity index (χ1) is 10.2. The van der Waals surface area contributed by atoms with Crippen LogP contribution in [0.1, 0.15) is 26.2 Å². The molecule has 0 aliphatic carbocycles. The summed E-state index contributed by atoms with van der Waals surface area (Å²) in [7, 11) is 1.66. The van der Waals surface area contributed by atoms with Gasteiger partial charge in [-0.1, -0.05) is 24.9 Å². The third-order valence-corrected chi connectivity index (χ3v) is 4.09. The van der Waals surface area contributed by atoms with E-state index in [9.17, 15) is 4.79 Å². The summed E-state index contributed by atoms with van der Waals surface area (Å²) in [6.07, 6.45) is 2.70. The van der Waals surface area contributed by atoms with Gasteiger partial charge in [0.1, 0.15) is 5.75 Å². The summed E-state index contributed by atoms with van der Waals surface area (Å²) in [5.74, 6) is 1.10. The highest BCUT2D eigenvalue weighted by molar-refractivity contribution is 6.30. The summed E-state index contributed by atoms with van der Waals surface area (Å²) < 4.78 is 5.40. The van der Waals surface area contributed by atoms with Gasteiger partial charge in [-0.3, -0.25) is 4.79 Å². The highest BCUT2D eigenvalue weighted by Gasteiger charge is 2.22. The number of benzene rings is 1. The van der Waals surface area contributed by atoms with Crippen LogP contribution in [0.25, 0.3) is 0 Å². The number of methoxy groups -OCH3 is 1. The fourth-order valence-corrected chi connectivity index (χ4v) is 2.76. The van der Waals surface area contributed by atoms with Gasteiger partial charge in [-0.2, -0.15) is 0 Å². The van der Waals surface area contributed by atoms with E-state index in [1.807, 2.05) is 23.1 Å². The van der Waals surface area contributed by atoms with E-state index in [1.165, 1.54) is 0 Å². The van der Waals surface area contributed by atoms with Crippen LogP contribution in [-0.4, -0.2) is 44.1 Å². The van der Waals surface area contributed by atoms with Crippen LogP contribution in [0.2, 0.25) is 5.02 Å². The van der Waals surface area contributed by atoms with Gasteiger partial charge in [-0.05, 0) is 24.6 Å². The number of carbonyl (C=O) groups excluding carboxylic acids is 1. The lowest BCUT2D eigenvalue weighted by Gasteiger charge is -2.36. The second kappa shape index (κ2) is 7.55. The van der Waals surface area contributed by atoms with Gasteiger partial charge < -0.3 is 14.5 Å². The molecule has 0 bridgehead atoms. The van der Waals surface area contributed by atoms with Gasteiger partial charge in [0.05, 0.1) is 12.8 Å². The summed E-state index contributed by atoms with van der Waals surface area (Å²) in [5.41, 5.74) is 1.01. The zero-order chi connectivity index (χ0) is 15.2. The largest absolute Gasteiger partial charge is 0.495 e. The Morgan fingerprint density at radius 2 is 2.00 bits per heavy atom. The molecule has 4 nitrogen and oxygen atoms in total. The van der Waals surface area contributed by atoms with Gasteiger partial charge in [0.2, 0.25) is 5.91 Å². The van der Waals surface area contributed by atoms with Crippen LogP contribution in [-0.2, 0) is 4.79 Å². The number of hydrogen-bond donors (Lipinski definition) is 0. The van der Waals surface area contributed by atoms with Gasteiger partial charge in [-0.25, -0.2) is 0 Å². The summed E-state index contributed by atoms with van der Waals surface area (Å²) in [4.78, 5) is 16.2. The second-order valence-electron chi connectivity index (χ2n) is 5.29. The molecule has 0 radical (unpaired) electrons. The minimum atomic E-state index is 0.273. The van der Waals surface area contributed by atoms with Crippen molar-refractivity contribution in [2.24, 2.45) is 0 Å². The lowest BCUT2D eigenvalue weighted by molar-refractivity contribution is -0.131. The van der Waals surface area contributed by atoms with E-state index in [0.717, 1.165) is 50.5 Å². The van der Waals surface area contributed by atoms with Crippen LogP contribution in [0.3, 0.4) is 0 Å². The SMILES string of the molecule is CCCCC(=O)N1CCN(c2cc(Cl)ccc2OC)CC1. The molecule has 1 saturated heterocycles. The Labute approximate surface area is 131 Å². The Kier molecular flexibility index (Phi) is 5.74. The third kappa shape index (κ3) is 4.03. The minimum Gasteiger partial charge on any atom is -0.495 e. The van der Waals surface area contributed by atoms with Crippen LogP contribution in [0.4, 0.5) is 5.69 Å². The molecule has 1 heterocycles. The van der Waals surface area contributed by atoms with Gasteiger partial charge in [0, 0.05) is 37.6 Å². The van der Waals surface area contributed by atoms with Crippen molar-refractivity contribution in [3.63, 3.8) is 0 Å². The predicted octanol–water partition coefficient (Wildman–Crippen LogP) is 3.19. The van der Waals surface area contributed by atoms with Crippen LogP contribution >= 0.6 is 11.6 Å². The van der Waals surface area contributed by atoms with Crippen molar-refractivity contribution in [1.29, 1.82) is 0 Å². The fourth-order valence-electron chi connectivity index (χ4n) is 2.59. The van der Waals surface area contributed by atoms with E-state index in [4.69, 9.17) is 16.3 Å². The first-order valence-electron chi connectivity index (χ1n) is 7.52. The van der Waals surface area contributed by atoms with E-state index >= 15 is 0 Å². The average Bonchev–Trinajstić information content (AvgIpc) is 2.52. The van der Waals surface area contributed by atoms with Crippen LogP contribution in [0, 0.1) is 0 Å². The van der Waals surface area contributed by atoms with E-state index in [1.54, 1.807) is 7.11 Å². The molecule has 2 rings (SSSR count). The summed E-state index contributed by atoms with van der Waals surface area (Å²) in [6, 6.07) is 5.64. The molecule has 1 amide bonds. The van der Waals surface area contributed by atoms with Gasteiger partial charge in [0.15, 0.2) is 0 Å². The first kappa shape index (κ1) is 16.0. The molecular weight excluding hydrogens is 288 g/mol. The molecule has 116 valence electrons. The standard InChI is InChI=1S/C16H23ClN2O2/c1-3-4-5-16(20)19-10-8-18(9-11-19)14-12-13(17)6-7-15(14)21-2/h6-7,12H,3-5,8-11H2,1-2H3. The lowest BCUT2D eigenvalue weighted by atomic mass is 10.2. The Balaban J connectivity index is 1.98. The highest BCUT2D eigenvalue weighted by Crippen LogP contribution is 2.31. The predicted molar refractivity (Wildman–Crippen MR) is 86.3 cm³/mol. The zero-order valence-corrected chi connectivity index (χ0v) is 13.5. The number of anilines is 1. The molecule has 21 heavy (non-hydrogen) atoms. The molecule has 0 aromatic heterocycles. The molecule has 0 spiro atoms. The van der Waals surface area contributed by atoms with Crippen molar-refractivity contribution in [3.8, 4) is 5.75 Å². The number of amides is 1. The average molecular weight is 311 g/mol. The van der Waals surface area contributed by atoms with Crippen molar-refractivity contribution in [2.75, 3.05) is 38.2 Å². The number of nitrogens with zero attached hydrogens (tertiary/aromatic N) is 2. The summed E-state index contributed by atoms with van der Waals surface area (Å²) >= 11 is 6.08. The number of piperazine rings is 1. The Morgan fingerprint density at radius 3 is 2.62 bits per heavy atom. The first-order valence-corrected chi connectivity index (χ1v) is 7.89. The Bertz CT molecular complexity index is 485. The monoisotopic (exact) mass is 310 g/mol. The summed E-state index contributed by atoms with van der Waals surface area (Å²) in [5, 5.41) is 0.701. The molecule has 0 atom stereocenters. The molecule has 0 unspecified atom stereocenters. The fraction of sp³-hybridized carbons (Fsp3) is 0.562. The third-order valence-electron chi connectivity index (χ3n) is 3.86. The van der Waals surface area contributed by atoms with Crippen LogP contribution in [0.5, 0.6) is 5.75 Å². The maximum absolute atomic E-state index is 12.0. The zero-order valence-electron chi connectivity index (χ0n) is 12.8. The molecule has 1 aromatic carbocycles. The van der Waals surface area contributed by atoms with Crippen molar-refractivity contribution >= 4 is 23.2 Å². The minimum absolute atomic E-state index is 0.273. The number of hydrogen-bond acceptors (Lipinski definition) is 3. The van der Waals surface area contributed by atoms with Gasteiger partial charge >= 0.3 is 0 Å². The van der Waals surface area contributed by atoms with Crippen molar-refractivity contribution < 1.29 is 9.53 Å². The van der Waals surface area contributed by atoms with Gasteiger partial charge in [0.25, 0.3) is 0 Å². The molecular formula is C16H23ClN2O2. The van der Waals surface area contributed by atoms with Crippen molar-refractivity contribution in [1.82, 2.24) is 4.90 Å². The number of halogens is 1. The van der Waals surface area contributed by atoms with E-state index < -0.39 is 0 Å². The lowest BCUT2D eigenvalue weighted by Crippen LogP contribution is -2.48. The molecule has 0 saturated carbocycles. The summed E-state index contributed by atoms with van der Waals surface area (Å²) in [6.45, 7) is 5.26. The van der Waals surface area contributed by atoms with Gasteiger partial charge in [-0.15, -0.1) is 0 Å². The number of ether oxygens (including phenoxy) is 1. The smallest absolute Gasteiger partial charge is 0.222 e. The second-order valence-corrected chi connectivity index (χ2v) is 5.72. The van der Waals surface area contributed by atoms with E-state index in [2.05, 4.69) is 11.8 Å². The topological polar surface area (TPSA) is 32.8 Å².